The van der Waals surface area contributed by atoms with Crippen LogP contribution in [0.5, 0.6) is 11.5 Å². The number of rotatable bonds is 6. The summed E-state index contributed by atoms with van der Waals surface area (Å²) in [7, 11) is 1.53. The number of carbonyl (C=O) groups is 2. The molecule has 1 saturated heterocycles. The first kappa shape index (κ1) is 21.0. The number of hydrogen-bond donors (Lipinski definition) is 1. The molecule has 2 aromatic rings. The summed E-state index contributed by atoms with van der Waals surface area (Å²) in [5.74, 6) is 0.501. The fourth-order valence-corrected chi connectivity index (χ4v) is 3.53. The molecule has 29 heavy (non-hydrogen) atoms. The molecule has 1 aliphatic rings. The molecule has 2 aromatic carbocycles. The third-order valence-corrected chi connectivity index (χ3v) is 5.15. The Kier molecular flexibility index (Phi) is 7.36. The van der Waals surface area contributed by atoms with Gasteiger partial charge in [0.05, 0.1) is 17.7 Å². The number of para-hydroxylation sites is 1. The van der Waals surface area contributed by atoms with Crippen LogP contribution >= 0.6 is 11.6 Å². The number of nitrogens with zero attached hydrogens (tertiary/aromatic N) is 1. The van der Waals surface area contributed by atoms with E-state index in [2.05, 4.69) is 5.32 Å². The quantitative estimate of drug-likeness (QED) is 0.758. The molecule has 6 nitrogen and oxygen atoms in total. The van der Waals surface area contributed by atoms with Crippen molar-refractivity contribution in [3.63, 3.8) is 0 Å². The number of carbonyl (C=O) groups excluding carboxylic acids is 2. The molecule has 1 heterocycles. The highest BCUT2D eigenvalue weighted by Crippen LogP contribution is 2.28. The van der Waals surface area contributed by atoms with Crippen LogP contribution in [0.15, 0.2) is 42.5 Å². The third-order valence-electron chi connectivity index (χ3n) is 4.85. The monoisotopic (exact) mass is 416 g/mol. The fourth-order valence-electron chi connectivity index (χ4n) is 3.27. The zero-order valence-electron chi connectivity index (χ0n) is 16.4. The molecule has 0 unspecified atom stereocenters. The SMILES string of the molecule is COc1ccc(NC(=O)c2ccccc2OCC(=O)N2CCCCCC2)cc1Cl. The lowest BCUT2D eigenvalue weighted by Crippen LogP contribution is -2.35. The molecule has 1 N–H and O–H groups in total. The van der Waals surface area contributed by atoms with Crippen molar-refractivity contribution in [1.29, 1.82) is 0 Å². The second-order valence-corrected chi connectivity index (χ2v) is 7.29. The maximum Gasteiger partial charge on any atom is 0.260 e. The van der Waals surface area contributed by atoms with Gasteiger partial charge in [-0.05, 0) is 43.2 Å². The summed E-state index contributed by atoms with van der Waals surface area (Å²) in [4.78, 5) is 27.0. The highest BCUT2D eigenvalue weighted by molar-refractivity contribution is 6.32. The number of hydrogen-bond acceptors (Lipinski definition) is 4. The first-order chi connectivity index (χ1) is 14.1. The maximum atomic E-state index is 12.7. The van der Waals surface area contributed by atoms with E-state index in [9.17, 15) is 9.59 Å². The van der Waals surface area contributed by atoms with E-state index in [0.717, 1.165) is 38.8 Å². The molecule has 0 bridgehead atoms. The summed E-state index contributed by atoms with van der Waals surface area (Å²) >= 11 is 6.12. The van der Waals surface area contributed by atoms with Crippen molar-refractivity contribution >= 4 is 29.1 Å². The summed E-state index contributed by atoms with van der Waals surface area (Å²) in [5.41, 5.74) is 0.888. The van der Waals surface area contributed by atoms with Gasteiger partial charge in [-0.3, -0.25) is 9.59 Å². The molecule has 0 aromatic heterocycles. The highest BCUT2D eigenvalue weighted by atomic mass is 35.5. The molecule has 0 aliphatic carbocycles. The van der Waals surface area contributed by atoms with Crippen LogP contribution in [0.25, 0.3) is 0 Å². The Bertz CT molecular complexity index is 864. The van der Waals surface area contributed by atoms with Crippen molar-refractivity contribution in [1.82, 2.24) is 4.90 Å². The molecule has 0 spiro atoms. The van der Waals surface area contributed by atoms with Crippen LogP contribution in [0.4, 0.5) is 5.69 Å². The minimum atomic E-state index is -0.343. The Balaban J connectivity index is 1.65. The van der Waals surface area contributed by atoms with E-state index < -0.39 is 0 Å². The van der Waals surface area contributed by atoms with Crippen LogP contribution in [0.3, 0.4) is 0 Å². The van der Waals surface area contributed by atoms with Gasteiger partial charge in [-0.1, -0.05) is 36.6 Å². The third kappa shape index (κ3) is 5.64. The van der Waals surface area contributed by atoms with Crippen LogP contribution < -0.4 is 14.8 Å². The van der Waals surface area contributed by atoms with Crippen LogP contribution in [-0.2, 0) is 4.79 Å². The molecule has 0 atom stereocenters. The van der Waals surface area contributed by atoms with E-state index in [1.54, 1.807) is 42.5 Å². The molecule has 0 radical (unpaired) electrons. The van der Waals surface area contributed by atoms with Crippen LogP contribution in [0.2, 0.25) is 5.02 Å². The molecule has 0 saturated carbocycles. The summed E-state index contributed by atoms with van der Waals surface area (Å²) in [6, 6.07) is 11.9. The van der Waals surface area contributed by atoms with E-state index in [1.165, 1.54) is 7.11 Å². The second kappa shape index (κ2) is 10.2. The van der Waals surface area contributed by atoms with E-state index in [1.807, 2.05) is 4.90 Å². The van der Waals surface area contributed by atoms with Gasteiger partial charge in [0.1, 0.15) is 11.5 Å². The number of likely N-dealkylation sites (tertiary alicyclic amines) is 1. The van der Waals surface area contributed by atoms with Gasteiger partial charge in [0.15, 0.2) is 6.61 Å². The number of anilines is 1. The summed E-state index contributed by atoms with van der Waals surface area (Å²) in [6.45, 7) is 1.45. The molecule has 1 fully saturated rings. The van der Waals surface area contributed by atoms with Gasteiger partial charge in [0, 0.05) is 18.8 Å². The first-order valence-electron chi connectivity index (χ1n) is 9.73. The summed E-state index contributed by atoms with van der Waals surface area (Å²) < 4.78 is 10.8. The Morgan fingerprint density at radius 3 is 2.45 bits per heavy atom. The molecular formula is C22H25ClN2O4. The van der Waals surface area contributed by atoms with Gasteiger partial charge in [0.2, 0.25) is 0 Å². The Hall–Kier alpha value is -2.73. The summed E-state index contributed by atoms with van der Waals surface area (Å²) in [6.07, 6.45) is 4.36. The number of benzene rings is 2. The predicted octanol–water partition coefficient (Wildman–Crippen LogP) is 4.38. The highest BCUT2D eigenvalue weighted by Gasteiger charge is 2.18. The van der Waals surface area contributed by atoms with Crippen molar-refractivity contribution in [3.05, 3.63) is 53.1 Å². The Labute approximate surface area is 175 Å². The van der Waals surface area contributed by atoms with E-state index >= 15 is 0 Å². The second-order valence-electron chi connectivity index (χ2n) is 6.88. The van der Waals surface area contributed by atoms with Crippen molar-refractivity contribution in [2.75, 3.05) is 32.1 Å². The van der Waals surface area contributed by atoms with Crippen LogP contribution in [-0.4, -0.2) is 43.5 Å². The van der Waals surface area contributed by atoms with Crippen molar-refractivity contribution in [2.24, 2.45) is 0 Å². The number of ether oxygens (including phenoxy) is 2. The summed E-state index contributed by atoms with van der Waals surface area (Å²) in [5, 5.41) is 3.20. The van der Waals surface area contributed by atoms with Gasteiger partial charge in [0.25, 0.3) is 11.8 Å². The van der Waals surface area contributed by atoms with Crippen LogP contribution in [0, 0.1) is 0 Å². The average Bonchev–Trinajstić information content (AvgIpc) is 3.02. The molecular weight excluding hydrogens is 392 g/mol. The van der Waals surface area contributed by atoms with E-state index in [-0.39, 0.29) is 18.4 Å². The molecule has 3 rings (SSSR count). The largest absolute Gasteiger partial charge is 0.495 e. The standard InChI is InChI=1S/C22H25ClN2O4/c1-28-20-11-10-16(14-18(20)23)24-22(27)17-8-4-5-9-19(17)29-15-21(26)25-12-6-2-3-7-13-25/h4-5,8-11,14H,2-3,6-7,12-13,15H2,1H3,(H,24,27). The number of methoxy groups -OCH3 is 1. The zero-order chi connectivity index (χ0) is 20.6. The Morgan fingerprint density at radius 1 is 1.03 bits per heavy atom. The van der Waals surface area contributed by atoms with E-state index in [4.69, 9.17) is 21.1 Å². The van der Waals surface area contributed by atoms with Crippen molar-refractivity contribution < 1.29 is 19.1 Å². The topological polar surface area (TPSA) is 67.9 Å². The Morgan fingerprint density at radius 2 is 1.76 bits per heavy atom. The zero-order valence-corrected chi connectivity index (χ0v) is 17.2. The predicted molar refractivity (Wildman–Crippen MR) is 113 cm³/mol. The van der Waals surface area contributed by atoms with Gasteiger partial charge in [-0.2, -0.15) is 0 Å². The van der Waals surface area contributed by atoms with Gasteiger partial charge < -0.3 is 19.7 Å². The van der Waals surface area contributed by atoms with E-state index in [0.29, 0.717) is 27.8 Å². The molecule has 7 heteroatoms. The molecule has 1 aliphatic heterocycles. The lowest BCUT2D eigenvalue weighted by molar-refractivity contribution is -0.133. The minimum Gasteiger partial charge on any atom is -0.495 e. The number of nitrogens with one attached hydrogen (secondary N) is 1. The molecule has 2 amide bonds. The fraction of sp³-hybridized carbons (Fsp3) is 0.364. The number of amides is 2. The number of halogens is 1. The van der Waals surface area contributed by atoms with Gasteiger partial charge in [-0.15, -0.1) is 0 Å². The first-order valence-corrected chi connectivity index (χ1v) is 10.1. The lowest BCUT2D eigenvalue weighted by Gasteiger charge is -2.20. The smallest absolute Gasteiger partial charge is 0.260 e. The maximum absolute atomic E-state index is 12.7. The van der Waals surface area contributed by atoms with Crippen molar-refractivity contribution in [2.45, 2.75) is 25.7 Å². The normalized spacial score (nSPS) is 14.1. The minimum absolute atomic E-state index is 0.0518. The van der Waals surface area contributed by atoms with Crippen LogP contribution in [0.1, 0.15) is 36.0 Å². The van der Waals surface area contributed by atoms with Crippen molar-refractivity contribution in [3.8, 4) is 11.5 Å². The lowest BCUT2D eigenvalue weighted by atomic mass is 10.2. The van der Waals surface area contributed by atoms with Gasteiger partial charge in [-0.25, -0.2) is 0 Å². The molecule has 154 valence electrons. The average molecular weight is 417 g/mol. The van der Waals surface area contributed by atoms with Gasteiger partial charge >= 0.3 is 0 Å².